The summed E-state index contributed by atoms with van der Waals surface area (Å²) in [4.78, 5) is -0.179. The van der Waals surface area contributed by atoms with Gasteiger partial charge in [0.15, 0.2) is 0 Å². The van der Waals surface area contributed by atoms with Gasteiger partial charge in [-0.1, -0.05) is 35.9 Å². The van der Waals surface area contributed by atoms with Gasteiger partial charge in [0.2, 0.25) is 0 Å². The Morgan fingerprint density at radius 3 is 2.45 bits per heavy atom. The van der Waals surface area contributed by atoms with Gasteiger partial charge in [0.05, 0.1) is 17.3 Å². The number of anilines is 1. The third-order valence-corrected chi connectivity index (χ3v) is 6.04. The van der Waals surface area contributed by atoms with Crippen molar-refractivity contribution in [2.24, 2.45) is 0 Å². The molecule has 0 heterocycles. The maximum Gasteiger partial charge on any atom is 0.267 e. The summed E-state index contributed by atoms with van der Waals surface area (Å²) in [7, 11) is -3.98. The van der Waals surface area contributed by atoms with E-state index in [4.69, 9.17) is 11.6 Å². The summed E-state index contributed by atoms with van der Waals surface area (Å²) >= 11 is 9.02. The lowest BCUT2D eigenvalue weighted by Crippen LogP contribution is -2.31. The molecule has 0 saturated heterocycles. The minimum atomic E-state index is -3.98. The second-order valence-electron chi connectivity index (χ2n) is 4.36. The smallest absolute Gasteiger partial charge is 0.262 e. The van der Waals surface area contributed by atoms with Crippen LogP contribution in [0.1, 0.15) is 0 Å². The molecule has 0 unspecified atom stereocenters. The largest absolute Gasteiger partial charge is 0.267 e. The van der Waals surface area contributed by atoms with E-state index < -0.39 is 15.8 Å². The average Bonchev–Trinajstić information content (AvgIpc) is 2.44. The fraction of sp³-hybridized carbons (Fsp3) is 0.0667. The summed E-state index contributed by atoms with van der Waals surface area (Å²) in [6.07, 6.45) is 1.47. The van der Waals surface area contributed by atoms with Gasteiger partial charge in [0.25, 0.3) is 10.0 Å². The van der Waals surface area contributed by atoms with Gasteiger partial charge < -0.3 is 0 Å². The molecular formula is C15H12BrClFNO2S. The molecule has 0 aliphatic rings. The van der Waals surface area contributed by atoms with Gasteiger partial charge in [0.1, 0.15) is 10.7 Å². The molecule has 0 aliphatic carbocycles. The van der Waals surface area contributed by atoms with E-state index >= 15 is 0 Å². The summed E-state index contributed by atoms with van der Waals surface area (Å²) in [6, 6.07) is 10.6. The first kappa shape index (κ1) is 17.0. The van der Waals surface area contributed by atoms with E-state index in [0.717, 1.165) is 16.4 Å². The molecule has 3 nitrogen and oxygen atoms in total. The van der Waals surface area contributed by atoms with Gasteiger partial charge in [-0.25, -0.2) is 12.8 Å². The Kier molecular flexibility index (Phi) is 5.26. The van der Waals surface area contributed by atoms with E-state index in [1.54, 1.807) is 30.3 Å². The highest BCUT2D eigenvalue weighted by Gasteiger charge is 2.29. The van der Waals surface area contributed by atoms with Gasteiger partial charge in [0, 0.05) is 4.47 Å². The van der Waals surface area contributed by atoms with Gasteiger partial charge >= 0.3 is 0 Å². The van der Waals surface area contributed by atoms with Crippen molar-refractivity contribution in [3.8, 4) is 0 Å². The predicted octanol–water partition coefficient (Wildman–Crippen LogP) is 4.62. The number of rotatable bonds is 5. The first-order valence-electron chi connectivity index (χ1n) is 6.21. The molecule has 2 aromatic carbocycles. The third kappa shape index (κ3) is 3.34. The molecule has 0 amide bonds. The van der Waals surface area contributed by atoms with E-state index in [9.17, 15) is 12.8 Å². The lowest BCUT2D eigenvalue weighted by molar-refractivity contribution is 0.591. The predicted molar refractivity (Wildman–Crippen MR) is 90.3 cm³/mol. The number of hydrogen-bond donors (Lipinski definition) is 0. The van der Waals surface area contributed by atoms with Gasteiger partial charge in [-0.2, -0.15) is 0 Å². The molecule has 0 fully saturated rings. The Morgan fingerprint density at radius 1 is 1.27 bits per heavy atom. The van der Waals surface area contributed by atoms with E-state index in [1.165, 1.54) is 6.08 Å². The number of halogens is 3. The molecule has 0 atom stereocenters. The fourth-order valence-electron chi connectivity index (χ4n) is 1.94. The van der Waals surface area contributed by atoms with E-state index in [-0.39, 0.29) is 20.9 Å². The highest BCUT2D eigenvalue weighted by atomic mass is 79.9. The van der Waals surface area contributed by atoms with Crippen LogP contribution in [-0.2, 0) is 10.0 Å². The molecule has 0 radical (unpaired) electrons. The highest BCUT2D eigenvalue weighted by molar-refractivity contribution is 9.10. The molecule has 0 spiro atoms. The van der Waals surface area contributed by atoms with Crippen LogP contribution in [-0.4, -0.2) is 15.0 Å². The summed E-state index contributed by atoms with van der Waals surface area (Å²) in [6.45, 7) is 3.64. The number of nitrogens with zero attached hydrogens (tertiary/aromatic N) is 1. The van der Waals surface area contributed by atoms with Crippen molar-refractivity contribution in [1.29, 1.82) is 0 Å². The Morgan fingerprint density at radius 2 is 1.91 bits per heavy atom. The number of hydrogen-bond acceptors (Lipinski definition) is 2. The Balaban J connectivity index is 2.63. The average molecular weight is 405 g/mol. The van der Waals surface area contributed by atoms with Crippen LogP contribution in [0.4, 0.5) is 10.1 Å². The van der Waals surface area contributed by atoms with Crippen molar-refractivity contribution < 1.29 is 12.8 Å². The van der Waals surface area contributed by atoms with Crippen molar-refractivity contribution >= 4 is 43.2 Å². The Hall–Kier alpha value is -1.37. The number of benzene rings is 2. The highest BCUT2D eigenvalue weighted by Crippen LogP contribution is 2.34. The molecule has 0 aromatic heterocycles. The number of para-hydroxylation sites is 1. The van der Waals surface area contributed by atoms with Crippen LogP contribution < -0.4 is 4.31 Å². The lowest BCUT2D eigenvalue weighted by atomic mass is 10.3. The number of sulfonamides is 1. The monoisotopic (exact) mass is 403 g/mol. The Labute approximate surface area is 142 Å². The van der Waals surface area contributed by atoms with Crippen molar-refractivity contribution in [1.82, 2.24) is 0 Å². The van der Waals surface area contributed by atoms with Crippen molar-refractivity contribution in [2.45, 2.75) is 4.90 Å². The maximum absolute atomic E-state index is 13.3. The first-order chi connectivity index (χ1) is 10.4. The molecule has 0 bridgehead atoms. The zero-order chi connectivity index (χ0) is 16.3. The fourth-order valence-corrected chi connectivity index (χ4v) is 5.13. The van der Waals surface area contributed by atoms with E-state index in [1.807, 2.05) is 0 Å². The van der Waals surface area contributed by atoms with Crippen molar-refractivity contribution in [3.63, 3.8) is 0 Å². The topological polar surface area (TPSA) is 37.4 Å². The van der Waals surface area contributed by atoms with Crippen LogP contribution in [0.3, 0.4) is 0 Å². The van der Waals surface area contributed by atoms with Crippen LogP contribution in [0.15, 0.2) is 64.5 Å². The standard InChI is InChI=1S/C15H12BrClFNO2S/c1-2-8-19(12-6-4-3-5-7-12)22(20,21)15-13(16)9-11(18)10-14(15)17/h2-7,9-10H,1,8H2. The second kappa shape index (κ2) is 6.81. The Bertz CT molecular complexity index is 773. The second-order valence-corrected chi connectivity index (χ2v) is 7.42. The summed E-state index contributed by atoms with van der Waals surface area (Å²) < 4.78 is 40.4. The van der Waals surface area contributed by atoms with Crippen LogP contribution in [0, 0.1) is 5.82 Å². The summed E-state index contributed by atoms with van der Waals surface area (Å²) in [5.74, 6) is -0.620. The van der Waals surface area contributed by atoms with E-state index in [2.05, 4.69) is 22.5 Å². The van der Waals surface area contributed by atoms with Crippen LogP contribution in [0.25, 0.3) is 0 Å². The van der Waals surface area contributed by atoms with Crippen LogP contribution >= 0.6 is 27.5 Å². The maximum atomic E-state index is 13.3. The molecule has 116 valence electrons. The summed E-state index contributed by atoms with van der Waals surface area (Å²) in [5.41, 5.74) is 0.467. The lowest BCUT2D eigenvalue weighted by Gasteiger charge is -2.24. The molecule has 22 heavy (non-hydrogen) atoms. The zero-order valence-corrected chi connectivity index (χ0v) is 14.5. The van der Waals surface area contributed by atoms with Crippen molar-refractivity contribution in [2.75, 3.05) is 10.8 Å². The normalized spacial score (nSPS) is 11.2. The van der Waals surface area contributed by atoms with E-state index in [0.29, 0.717) is 5.69 Å². The zero-order valence-electron chi connectivity index (χ0n) is 11.3. The van der Waals surface area contributed by atoms with Crippen molar-refractivity contribution in [3.05, 3.63) is 70.4 Å². The van der Waals surface area contributed by atoms with Gasteiger partial charge in [-0.05, 0) is 40.2 Å². The molecular weight excluding hydrogens is 393 g/mol. The van der Waals surface area contributed by atoms with Gasteiger partial charge in [-0.3, -0.25) is 4.31 Å². The summed E-state index contributed by atoms with van der Waals surface area (Å²) in [5, 5.41) is -0.183. The minimum absolute atomic E-state index is 0.0620. The molecule has 0 N–H and O–H groups in total. The molecule has 7 heteroatoms. The minimum Gasteiger partial charge on any atom is -0.262 e. The quantitative estimate of drug-likeness (QED) is 0.682. The first-order valence-corrected chi connectivity index (χ1v) is 8.82. The molecule has 2 aromatic rings. The van der Waals surface area contributed by atoms with Crippen LogP contribution in [0.2, 0.25) is 5.02 Å². The van der Waals surface area contributed by atoms with Crippen LogP contribution in [0.5, 0.6) is 0 Å². The molecule has 0 aliphatic heterocycles. The van der Waals surface area contributed by atoms with Gasteiger partial charge in [-0.15, -0.1) is 6.58 Å². The SMILES string of the molecule is C=CCN(c1ccccc1)S(=O)(=O)c1c(Cl)cc(F)cc1Br. The molecule has 0 saturated carbocycles. The molecule has 2 rings (SSSR count). The third-order valence-electron chi connectivity index (χ3n) is 2.85.